The average Bonchev–Trinajstić information content (AvgIpc) is 2.85. The first-order chi connectivity index (χ1) is 11.4. The molecular weight excluding hydrogens is 330 g/mol. The number of rotatable bonds is 4. The molecule has 0 aliphatic carbocycles. The molecule has 0 fully saturated rings. The lowest BCUT2D eigenvalue weighted by molar-refractivity contribution is 0.0474. The van der Waals surface area contributed by atoms with E-state index in [0.29, 0.717) is 16.8 Å². The molecule has 0 saturated carbocycles. The Morgan fingerprint density at radius 1 is 1.17 bits per heavy atom. The molecule has 7 heteroatoms. The lowest BCUT2D eigenvalue weighted by atomic mass is 10.1. The van der Waals surface area contributed by atoms with E-state index in [1.807, 2.05) is 19.1 Å². The van der Waals surface area contributed by atoms with Gasteiger partial charge in [-0.3, -0.25) is 9.52 Å². The predicted octanol–water partition coefficient (Wildman–Crippen LogP) is 2.29. The zero-order valence-electron chi connectivity index (χ0n) is 12.9. The van der Waals surface area contributed by atoms with Gasteiger partial charge < -0.3 is 4.74 Å². The summed E-state index contributed by atoms with van der Waals surface area (Å²) < 4.78 is 30.4. The van der Waals surface area contributed by atoms with Crippen LogP contribution in [0.15, 0.2) is 42.5 Å². The monoisotopic (exact) mass is 345 g/mol. The Morgan fingerprint density at radius 3 is 2.67 bits per heavy atom. The van der Waals surface area contributed by atoms with Gasteiger partial charge in [-0.15, -0.1) is 0 Å². The SMILES string of the molecule is Cc1ccccc1C(=O)COC(=O)c1ccc2c(c1)NS(=O)(=O)C2. The summed E-state index contributed by atoms with van der Waals surface area (Å²) in [5.74, 6) is -1.07. The van der Waals surface area contributed by atoms with E-state index in [1.165, 1.54) is 12.1 Å². The van der Waals surface area contributed by atoms with Crippen LogP contribution in [0.3, 0.4) is 0 Å². The number of hydrogen-bond donors (Lipinski definition) is 1. The Bertz CT molecular complexity index is 934. The normalized spacial score (nSPS) is 14.5. The number of aryl methyl sites for hydroxylation is 1. The summed E-state index contributed by atoms with van der Waals surface area (Å²) in [4.78, 5) is 24.2. The molecule has 24 heavy (non-hydrogen) atoms. The number of anilines is 1. The first-order valence-electron chi connectivity index (χ1n) is 7.25. The summed E-state index contributed by atoms with van der Waals surface area (Å²) >= 11 is 0. The molecule has 1 N–H and O–H groups in total. The number of carbonyl (C=O) groups is 2. The summed E-state index contributed by atoms with van der Waals surface area (Å²) in [6, 6.07) is 11.5. The van der Waals surface area contributed by atoms with Crippen LogP contribution < -0.4 is 4.72 Å². The van der Waals surface area contributed by atoms with Gasteiger partial charge in [0.05, 0.1) is 17.0 Å². The predicted molar refractivity (Wildman–Crippen MR) is 88.5 cm³/mol. The highest BCUT2D eigenvalue weighted by Crippen LogP contribution is 2.28. The van der Waals surface area contributed by atoms with Crippen molar-refractivity contribution in [2.24, 2.45) is 0 Å². The Labute approximate surface area is 139 Å². The fourth-order valence-corrected chi connectivity index (χ4v) is 3.77. The molecular formula is C17H15NO5S. The van der Waals surface area contributed by atoms with Crippen molar-refractivity contribution in [3.63, 3.8) is 0 Å². The van der Waals surface area contributed by atoms with Crippen molar-refractivity contribution in [3.05, 3.63) is 64.7 Å². The van der Waals surface area contributed by atoms with Gasteiger partial charge in [-0.2, -0.15) is 0 Å². The molecule has 3 rings (SSSR count). The number of nitrogens with one attached hydrogen (secondary N) is 1. The zero-order valence-corrected chi connectivity index (χ0v) is 13.7. The summed E-state index contributed by atoms with van der Waals surface area (Å²) in [6.07, 6.45) is 0. The third-order valence-electron chi connectivity index (χ3n) is 3.74. The molecule has 0 bridgehead atoms. The van der Waals surface area contributed by atoms with Gasteiger partial charge in [0.1, 0.15) is 0 Å². The minimum atomic E-state index is -3.37. The second kappa shape index (κ2) is 6.09. The number of benzene rings is 2. The van der Waals surface area contributed by atoms with Crippen LogP contribution in [-0.2, 0) is 20.5 Å². The topological polar surface area (TPSA) is 89.5 Å². The number of ether oxygens (including phenoxy) is 1. The summed E-state index contributed by atoms with van der Waals surface area (Å²) in [7, 11) is -3.37. The molecule has 2 aromatic carbocycles. The van der Waals surface area contributed by atoms with Gasteiger partial charge in [0.15, 0.2) is 6.61 Å². The van der Waals surface area contributed by atoms with E-state index in [1.54, 1.807) is 18.2 Å². The van der Waals surface area contributed by atoms with Gasteiger partial charge in [0.25, 0.3) is 0 Å². The third kappa shape index (κ3) is 3.30. The number of sulfonamides is 1. The van der Waals surface area contributed by atoms with Crippen molar-refractivity contribution in [1.29, 1.82) is 0 Å². The Hall–Kier alpha value is -2.67. The van der Waals surface area contributed by atoms with Crippen LogP contribution in [0.25, 0.3) is 0 Å². The van der Waals surface area contributed by atoms with Gasteiger partial charge in [-0.05, 0) is 30.2 Å². The molecule has 0 spiro atoms. The lowest BCUT2D eigenvalue weighted by Gasteiger charge is -2.07. The molecule has 2 aromatic rings. The van der Waals surface area contributed by atoms with Crippen molar-refractivity contribution in [1.82, 2.24) is 0 Å². The maximum absolute atomic E-state index is 12.1. The molecule has 1 aliphatic heterocycles. The maximum Gasteiger partial charge on any atom is 0.338 e. The highest BCUT2D eigenvalue weighted by Gasteiger charge is 2.24. The molecule has 0 radical (unpaired) electrons. The first kappa shape index (κ1) is 16.2. The minimum Gasteiger partial charge on any atom is -0.454 e. The Balaban J connectivity index is 1.69. The number of esters is 1. The average molecular weight is 345 g/mol. The fourth-order valence-electron chi connectivity index (χ4n) is 2.51. The van der Waals surface area contributed by atoms with Gasteiger partial charge in [-0.25, -0.2) is 13.2 Å². The van der Waals surface area contributed by atoms with Crippen LogP contribution >= 0.6 is 0 Å². The Morgan fingerprint density at radius 2 is 1.92 bits per heavy atom. The Kier molecular flexibility index (Phi) is 4.11. The van der Waals surface area contributed by atoms with E-state index in [-0.39, 0.29) is 23.7 Å². The number of ketones is 1. The maximum atomic E-state index is 12.1. The van der Waals surface area contributed by atoms with Crippen molar-refractivity contribution >= 4 is 27.5 Å². The van der Waals surface area contributed by atoms with Crippen LogP contribution in [0.5, 0.6) is 0 Å². The van der Waals surface area contributed by atoms with Crippen molar-refractivity contribution in [2.45, 2.75) is 12.7 Å². The van der Waals surface area contributed by atoms with Crippen LogP contribution in [0, 0.1) is 6.92 Å². The number of carbonyl (C=O) groups excluding carboxylic acids is 2. The summed E-state index contributed by atoms with van der Waals surface area (Å²) in [6.45, 7) is 1.44. The second-order valence-corrected chi connectivity index (χ2v) is 7.27. The van der Waals surface area contributed by atoms with Gasteiger partial charge in [0, 0.05) is 5.56 Å². The van der Waals surface area contributed by atoms with Crippen molar-refractivity contribution in [2.75, 3.05) is 11.3 Å². The molecule has 124 valence electrons. The summed E-state index contributed by atoms with van der Waals surface area (Å²) in [5, 5.41) is 0. The third-order valence-corrected chi connectivity index (χ3v) is 4.96. The van der Waals surface area contributed by atoms with Crippen LogP contribution in [0.1, 0.15) is 31.8 Å². The van der Waals surface area contributed by atoms with E-state index >= 15 is 0 Å². The minimum absolute atomic E-state index is 0.108. The van der Waals surface area contributed by atoms with Gasteiger partial charge >= 0.3 is 5.97 Å². The highest BCUT2D eigenvalue weighted by molar-refractivity contribution is 7.92. The molecule has 0 unspecified atom stereocenters. The molecule has 1 aliphatic rings. The molecule has 0 aromatic heterocycles. The smallest absolute Gasteiger partial charge is 0.338 e. The lowest BCUT2D eigenvalue weighted by Crippen LogP contribution is -2.15. The van der Waals surface area contributed by atoms with Gasteiger partial charge in [0.2, 0.25) is 15.8 Å². The summed E-state index contributed by atoms with van der Waals surface area (Å²) in [5.41, 5.74) is 2.48. The van der Waals surface area contributed by atoms with E-state index in [9.17, 15) is 18.0 Å². The largest absolute Gasteiger partial charge is 0.454 e. The van der Waals surface area contributed by atoms with Crippen LogP contribution in [-0.4, -0.2) is 26.8 Å². The standard InChI is InChI=1S/C17H15NO5S/c1-11-4-2-3-5-14(11)16(19)9-23-17(20)12-6-7-13-10-24(21,22)18-15(13)8-12/h2-8,18H,9-10H2,1H3. The number of hydrogen-bond acceptors (Lipinski definition) is 5. The van der Waals surface area contributed by atoms with E-state index < -0.39 is 16.0 Å². The van der Waals surface area contributed by atoms with Gasteiger partial charge in [-0.1, -0.05) is 30.3 Å². The zero-order chi connectivity index (χ0) is 17.3. The number of Topliss-reactive ketones (excluding diaryl/α,β-unsaturated/α-hetero) is 1. The van der Waals surface area contributed by atoms with Crippen molar-refractivity contribution in [3.8, 4) is 0 Å². The number of fused-ring (bicyclic) bond motifs is 1. The molecule has 0 amide bonds. The van der Waals surface area contributed by atoms with Crippen LogP contribution in [0.2, 0.25) is 0 Å². The van der Waals surface area contributed by atoms with E-state index in [0.717, 1.165) is 5.56 Å². The molecule has 1 heterocycles. The fraction of sp³-hybridized carbons (Fsp3) is 0.176. The van der Waals surface area contributed by atoms with E-state index in [4.69, 9.17) is 4.74 Å². The molecule has 0 saturated heterocycles. The second-order valence-electron chi connectivity index (χ2n) is 5.55. The quantitative estimate of drug-likeness (QED) is 0.678. The van der Waals surface area contributed by atoms with Crippen molar-refractivity contribution < 1.29 is 22.7 Å². The molecule has 6 nitrogen and oxygen atoms in total. The molecule has 0 atom stereocenters. The van der Waals surface area contributed by atoms with E-state index in [2.05, 4.69) is 4.72 Å². The first-order valence-corrected chi connectivity index (χ1v) is 8.90. The van der Waals surface area contributed by atoms with Crippen LogP contribution in [0.4, 0.5) is 5.69 Å². The highest BCUT2D eigenvalue weighted by atomic mass is 32.2.